The number of hydrogen-bond acceptors (Lipinski definition) is 2. The molecule has 0 spiro atoms. The van der Waals surface area contributed by atoms with E-state index in [4.69, 9.17) is 0 Å². The van der Waals surface area contributed by atoms with E-state index in [1.807, 2.05) is 24.3 Å². The Kier molecular flexibility index (Phi) is 5.36. The van der Waals surface area contributed by atoms with Crippen molar-refractivity contribution in [1.82, 2.24) is 10.6 Å². The second-order valence-electron chi connectivity index (χ2n) is 4.52. The molecule has 0 fully saturated rings. The van der Waals surface area contributed by atoms with Crippen molar-refractivity contribution in [1.29, 1.82) is 0 Å². The lowest BCUT2D eigenvalue weighted by molar-refractivity contribution is -0.118. The Bertz CT molecular complexity index is 410. The van der Waals surface area contributed by atoms with Crippen LogP contribution in [0.2, 0.25) is 0 Å². The zero-order chi connectivity index (χ0) is 13.5. The highest BCUT2D eigenvalue weighted by atomic mass is 16.2. The molecule has 0 aromatic heterocycles. The largest absolute Gasteiger partial charge is 0.355 e. The van der Waals surface area contributed by atoms with Crippen LogP contribution in [0.3, 0.4) is 0 Å². The molecule has 4 heteroatoms. The molecule has 0 unspecified atom stereocenters. The van der Waals surface area contributed by atoms with Gasteiger partial charge in [-0.1, -0.05) is 26.0 Å². The first-order valence-electron chi connectivity index (χ1n) is 6.13. The van der Waals surface area contributed by atoms with Gasteiger partial charge < -0.3 is 10.6 Å². The highest BCUT2D eigenvalue weighted by Crippen LogP contribution is 2.14. The van der Waals surface area contributed by atoms with Crippen LogP contribution < -0.4 is 10.6 Å². The van der Waals surface area contributed by atoms with Crippen molar-refractivity contribution in [2.75, 3.05) is 13.1 Å². The molecule has 0 atom stereocenters. The lowest BCUT2D eigenvalue weighted by Crippen LogP contribution is -2.33. The van der Waals surface area contributed by atoms with Crippen LogP contribution in [0.25, 0.3) is 0 Å². The molecule has 1 aromatic rings. The number of amides is 2. The van der Waals surface area contributed by atoms with E-state index in [2.05, 4.69) is 24.5 Å². The molecule has 0 saturated heterocycles. The van der Waals surface area contributed by atoms with E-state index in [1.54, 1.807) is 0 Å². The van der Waals surface area contributed by atoms with Gasteiger partial charge in [0.1, 0.15) is 0 Å². The summed E-state index contributed by atoms with van der Waals surface area (Å²) in [6, 6.07) is 7.58. The minimum atomic E-state index is -0.115. The summed E-state index contributed by atoms with van der Waals surface area (Å²) in [7, 11) is 0. The van der Waals surface area contributed by atoms with Gasteiger partial charge >= 0.3 is 0 Å². The number of rotatable bonds is 5. The molecular weight excluding hydrogens is 228 g/mol. The van der Waals surface area contributed by atoms with Gasteiger partial charge in [0.05, 0.1) is 0 Å². The van der Waals surface area contributed by atoms with Crippen molar-refractivity contribution >= 4 is 11.8 Å². The minimum Gasteiger partial charge on any atom is -0.355 e. The highest BCUT2D eigenvalue weighted by Gasteiger charge is 2.05. The Morgan fingerprint density at radius 2 is 1.61 bits per heavy atom. The van der Waals surface area contributed by atoms with Crippen LogP contribution >= 0.6 is 0 Å². The third kappa shape index (κ3) is 4.57. The van der Waals surface area contributed by atoms with Crippen molar-refractivity contribution in [3.05, 3.63) is 35.4 Å². The molecule has 0 aliphatic rings. The monoisotopic (exact) mass is 248 g/mol. The van der Waals surface area contributed by atoms with Gasteiger partial charge in [0, 0.05) is 25.6 Å². The van der Waals surface area contributed by atoms with Gasteiger partial charge in [0.2, 0.25) is 5.91 Å². The summed E-state index contributed by atoms with van der Waals surface area (Å²) in [5, 5.41) is 5.37. The maximum Gasteiger partial charge on any atom is 0.251 e. The van der Waals surface area contributed by atoms with Crippen molar-refractivity contribution in [3.8, 4) is 0 Å². The Hall–Kier alpha value is -1.84. The first-order chi connectivity index (χ1) is 8.50. The van der Waals surface area contributed by atoms with Gasteiger partial charge in [-0.15, -0.1) is 0 Å². The Morgan fingerprint density at radius 1 is 1.06 bits per heavy atom. The van der Waals surface area contributed by atoms with E-state index in [0.717, 1.165) is 0 Å². The third-order valence-corrected chi connectivity index (χ3v) is 2.62. The SMILES string of the molecule is CC(=O)NCCNC(=O)c1ccc(C(C)C)cc1. The van der Waals surface area contributed by atoms with E-state index >= 15 is 0 Å². The first-order valence-corrected chi connectivity index (χ1v) is 6.13. The fraction of sp³-hybridized carbons (Fsp3) is 0.429. The molecule has 0 heterocycles. The number of carbonyl (C=O) groups is 2. The fourth-order valence-corrected chi connectivity index (χ4v) is 1.54. The number of benzene rings is 1. The summed E-state index contributed by atoms with van der Waals surface area (Å²) in [6.07, 6.45) is 0. The van der Waals surface area contributed by atoms with E-state index in [0.29, 0.717) is 24.6 Å². The molecule has 2 amide bonds. The van der Waals surface area contributed by atoms with E-state index in [-0.39, 0.29) is 11.8 Å². The average molecular weight is 248 g/mol. The summed E-state index contributed by atoms with van der Waals surface area (Å²) in [5.41, 5.74) is 1.85. The van der Waals surface area contributed by atoms with Gasteiger partial charge in [0.15, 0.2) is 0 Å². The Balaban J connectivity index is 2.44. The van der Waals surface area contributed by atoms with Gasteiger partial charge in [-0.3, -0.25) is 9.59 Å². The molecule has 2 N–H and O–H groups in total. The van der Waals surface area contributed by atoms with E-state index < -0.39 is 0 Å². The Labute approximate surface area is 108 Å². The highest BCUT2D eigenvalue weighted by molar-refractivity contribution is 5.94. The molecule has 0 aliphatic carbocycles. The predicted molar refractivity (Wildman–Crippen MR) is 71.5 cm³/mol. The normalized spacial score (nSPS) is 10.2. The topological polar surface area (TPSA) is 58.2 Å². The molecule has 1 rings (SSSR count). The van der Waals surface area contributed by atoms with Crippen LogP contribution in [0.4, 0.5) is 0 Å². The van der Waals surface area contributed by atoms with Crippen LogP contribution in [-0.2, 0) is 4.79 Å². The van der Waals surface area contributed by atoms with E-state index in [1.165, 1.54) is 12.5 Å². The van der Waals surface area contributed by atoms with Crippen molar-refractivity contribution < 1.29 is 9.59 Å². The van der Waals surface area contributed by atoms with Gasteiger partial charge in [-0.2, -0.15) is 0 Å². The molecular formula is C14H20N2O2. The molecule has 0 aliphatic heterocycles. The smallest absolute Gasteiger partial charge is 0.251 e. The van der Waals surface area contributed by atoms with Gasteiger partial charge in [-0.25, -0.2) is 0 Å². The molecule has 18 heavy (non-hydrogen) atoms. The van der Waals surface area contributed by atoms with E-state index in [9.17, 15) is 9.59 Å². The number of hydrogen-bond donors (Lipinski definition) is 2. The number of nitrogens with one attached hydrogen (secondary N) is 2. The lowest BCUT2D eigenvalue weighted by atomic mass is 10.0. The van der Waals surface area contributed by atoms with Gasteiger partial charge in [-0.05, 0) is 23.6 Å². The lowest BCUT2D eigenvalue weighted by Gasteiger charge is -2.08. The molecule has 4 nitrogen and oxygen atoms in total. The summed E-state index contributed by atoms with van der Waals surface area (Å²) in [6.45, 7) is 6.56. The molecule has 0 bridgehead atoms. The number of carbonyl (C=O) groups excluding carboxylic acids is 2. The van der Waals surface area contributed by atoms with Crippen LogP contribution in [0, 0.1) is 0 Å². The Morgan fingerprint density at radius 3 is 2.11 bits per heavy atom. The van der Waals surface area contributed by atoms with Crippen LogP contribution in [-0.4, -0.2) is 24.9 Å². The summed E-state index contributed by atoms with van der Waals surface area (Å²) in [4.78, 5) is 22.4. The summed E-state index contributed by atoms with van der Waals surface area (Å²) >= 11 is 0. The van der Waals surface area contributed by atoms with Crippen molar-refractivity contribution in [2.45, 2.75) is 26.7 Å². The maximum atomic E-state index is 11.7. The standard InChI is InChI=1S/C14H20N2O2/c1-10(2)12-4-6-13(7-5-12)14(18)16-9-8-15-11(3)17/h4-7,10H,8-9H2,1-3H3,(H,15,17)(H,16,18). The van der Waals surface area contributed by atoms with Crippen LogP contribution in [0.5, 0.6) is 0 Å². The predicted octanol–water partition coefficient (Wildman–Crippen LogP) is 1.68. The second-order valence-corrected chi connectivity index (χ2v) is 4.52. The molecule has 98 valence electrons. The zero-order valence-electron chi connectivity index (χ0n) is 11.1. The van der Waals surface area contributed by atoms with Crippen LogP contribution in [0.1, 0.15) is 42.6 Å². The molecule has 0 radical (unpaired) electrons. The second kappa shape index (κ2) is 6.79. The fourth-order valence-electron chi connectivity index (χ4n) is 1.54. The van der Waals surface area contributed by atoms with Crippen molar-refractivity contribution in [3.63, 3.8) is 0 Å². The summed E-state index contributed by atoms with van der Waals surface area (Å²) < 4.78 is 0. The molecule has 1 aromatic carbocycles. The van der Waals surface area contributed by atoms with Gasteiger partial charge in [0.25, 0.3) is 5.91 Å². The van der Waals surface area contributed by atoms with Crippen LogP contribution in [0.15, 0.2) is 24.3 Å². The minimum absolute atomic E-state index is 0.0921. The first kappa shape index (κ1) is 14.2. The zero-order valence-corrected chi connectivity index (χ0v) is 11.1. The average Bonchev–Trinajstić information content (AvgIpc) is 2.34. The third-order valence-electron chi connectivity index (χ3n) is 2.62. The van der Waals surface area contributed by atoms with Crippen molar-refractivity contribution in [2.24, 2.45) is 0 Å². The quantitative estimate of drug-likeness (QED) is 0.779. The maximum absolute atomic E-state index is 11.7. The summed E-state index contributed by atoms with van der Waals surface area (Å²) in [5.74, 6) is 0.253. The molecule has 0 saturated carbocycles.